The van der Waals surface area contributed by atoms with Crippen molar-refractivity contribution in [1.82, 2.24) is 9.88 Å². The number of carbonyl (C=O) groups is 2. The van der Waals surface area contributed by atoms with Crippen molar-refractivity contribution in [3.8, 4) is 17.2 Å². The Morgan fingerprint density at radius 1 is 0.952 bits per heavy atom. The molecule has 2 aromatic carbocycles. The SMILES string of the molecule is COC(=O)[C@H]1[C@H]2C[C@@H]3c4[nH]c5ccccc5c4CCN3C[C@@H]2C[C@@H](OC(=O)c2cc(OC)c(OC)c(OC)c2)[C@@H]1OC. The number of rotatable bonds is 7. The van der Waals surface area contributed by atoms with E-state index >= 15 is 0 Å². The van der Waals surface area contributed by atoms with Gasteiger partial charge in [0.2, 0.25) is 5.75 Å². The maximum absolute atomic E-state index is 13.5. The van der Waals surface area contributed by atoms with Gasteiger partial charge < -0.3 is 33.4 Å². The lowest BCUT2D eigenvalue weighted by molar-refractivity contribution is -0.176. The van der Waals surface area contributed by atoms with Crippen molar-refractivity contribution < 1.29 is 38.0 Å². The lowest BCUT2D eigenvalue weighted by Gasteiger charge is -2.52. The van der Waals surface area contributed by atoms with Crippen LogP contribution in [-0.4, -0.2) is 82.7 Å². The van der Waals surface area contributed by atoms with Crippen LogP contribution in [0, 0.1) is 17.8 Å². The molecular weight excluding hydrogens is 540 g/mol. The fraction of sp³-hybridized carbons (Fsp3) is 0.500. The average Bonchev–Trinajstić information content (AvgIpc) is 3.41. The highest BCUT2D eigenvalue weighted by atomic mass is 16.6. The highest BCUT2D eigenvalue weighted by molar-refractivity contribution is 5.91. The van der Waals surface area contributed by atoms with Crippen LogP contribution in [0.1, 0.15) is 40.5 Å². The van der Waals surface area contributed by atoms with Gasteiger partial charge in [0, 0.05) is 36.8 Å². The minimum absolute atomic E-state index is 0.0112. The monoisotopic (exact) mass is 578 g/mol. The van der Waals surface area contributed by atoms with Gasteiger partial charge in [-0.1, -0.05) is 18.2 Å². The molecule has 2 aliphatic heterocycles. The number of aromatic nitrogens is 1. The predicted octanol–water partition coefficient (Wildman–Crippen LogP) is 4.16. The number of nitrogens with zero attached hydrogens (tertiary/aromatic N) is 1. The van der Waals surface area contributed by atoms with Gasteiger partial charge >= 0.3 is 11.9 Å². The number of benzene rings is 2. The average molecular weight is 579 g/mol. The van der Waals surface area contributed by atoms with Crippen molar-refractivity contribution >= 4 is 22.8 Å². The molecular formula is C32H38N2O8. The molecule has 1 saturated carbocycles. The van der Waals surface area contributed by atoms with Crippen molar-refractivity contribution in [2.24, 2.45) is 17.8 Å². The number of H-pyrrole nitrogens is 1. The molecule has 3 aromatic rings. The molecule has 1 N–H and O–H groups in total. The van der Waals surface area contributed by atoms with Crippen molar-refractivity contribution in [3.63, 3.8) is 0 Å². The molecule has 1 aliphatic carbocycles. The van der Waals surface area contributed by atoms with Crippen molar-refractivity contribution in [2.75, 3.05) is 48.6 Å². The third kappa shape index (κ3) is 4.66. The highest BCUT2D eigenvalue weighted by Gasteiger charge is 2.54. The summed E-state index contributed by atoms with van der Waals surface area (Å²) in [4.78, 5) is 33.1. The Labute approximate surface area is 245 Å². The Bertz CT molecular complexity index is 1460. The van der Waals surface area contributed by atoms with Gasteiger partial charge in [0.25, 0.3) is 0 Å². The molecule has 10 heteroatoms. The zero-order valence-electron chi connectivity index (χ0n) is 24.7. The summed E-state index contributed by atoms with van der Waals surface area (Å²) >= 11 is 0. The first-order chi connectivity index (χ1) is 20.4. The lowest BCUT2D eigenvalue weighted by atomic mass is 9.63. The Hall–Kier alpha value is -3.76. The van der Waals surface area contributed by atoms with Gasteiger partial charge in [-0.25, -0.2) is 4.79 Å². The van der Waals surface area contributed by atoms with Crippen LogP contribution in [0.25, 0.3) is 10.9 Å². The van der Waals surface area contributed by atoms with E-state index < -0.39 is 24.1 Å². The Morgan fingerprint density at radius 2 is 1.69 bits per heavy atom. The van der Waals surface area contributed by atoms with E-state index in [4.69, 9.17) is 28.4 Å². The molecule has 0 bridgehead atoms. The summed E-state index contributed by atoms with van der Waals surface area (Å²) in [7, 11) is 7.45. The molecule has 6 rings (SSSR count). The standard InChI is InChI=1S/C32H38N2O8/c1-37-24-12-17(13-25(38-2)29(24)39-3)31(35)42-26-14-18-16-34-11-10-20-19-8-6-7-9-22(19)33-28(20)23(34)15-21(18)27(30(26)40-4)32(36)41-5/h6-9,12-13,18,21,23,26-27,30,33H,10-11,14-16H2,1-5H3/t18-,21-,23+,26+,27-,30-/m0/s1. The van der Waals surface area contributed by atoms with Crippen LogP contribution in [0.4, 0.5) is 0 Å². The number of hydrogen-bond donors (Lipinski definition) is 1. The van der Waals surface area contributed by atoms with Gasteiger partial charge in [-0.15, -0.1) is 0 Å². The highest BCUT2D eigenvalue weighted by Crippen LogP contribution is 2.50. The Morgan fingerprint density at radius 3 is 2.36 bits per heavy atom. The number of piperidine rings is 1. The molecule has 0 radical (unpaired) electrons. The quantitative estimate of drug-likeness (QED) is 0.414. The molecule has 3 aliphatic rings. The van der Waals surface area contributed by atoms with Crippen molar-refractivity contribution in [3.05, 3.63) is 53.2 Å². The van der Waals surface area contributed by atoms with Gasteiger partial charge in [-0.3, -0.25) is 9.69 Å². The van der Waals surface area contributed by atoms with Gasteiger partial charge in [-0.2, -0.15) is 0 Å². The smallest absolute Gasteiger partial charge is 0.338 e. The van der Waals surface area contributed by atoms with E-state index in [1.54, 1.807) is 19.2 Å². The zero-order chi connectivity index (χ0) is 29.5. The summed E-state index contributed by atoms with van der Waals surface area (Å²) in [5.41, 5.74) is 4.01. The summed E-state index contributed by atoms with van der Waals surface area (Å²) < 4.78 is 33.6. The van der Waals surface area contributed by atoms with E-state index in [9.17, 15) is 9.59 Å². The van der Waals surface area contributed by atoms with Gasteiger partial charge in [0.15, 0.2) is 11.5 Å². The molecule has 2 fully saturated rings. The molecule has 224 valence electrons. The van der Waals surface area contributed by atoms with Crippen LogP contribution >= 0.6 is 0 Å². The number of hydrogen-bond acceptors (Lipinski definition) is 9. The van der Waals surface area contributed by atoms with Crippen molar-refractivity contribution in [2.45, 2.75) is 37.5 Å². The third-order valence-corrected chi connectivity index (χ3v) is 9.46. The summed E-state index contributed by atoms with van der Waals surface area (Å²) in [6.45, 7) is 1.74. The van der Waals surface area contributed by atoms with E-state index in [0.717, 1.165) is 31.4 Å². The van der Waals surface area contributed by atoms with E-state index in [1.165, 1.54) is 45.1 Å². The molecule has 0 spiro atoms. The van der Waals surface area contributed by atoms with Gasteiger partial charge in [0.05, 0.1) is 46.0 Å². The Balaban J connectivity index is 1.29. The van der Waals surface area contributed by atoms with E-state index in [-0.39, 0.29) is 29.4 Å². The molecule has 10 nitrogen and oxygen atoms in total. The molecule has 1 saturated heterocycles. The van der Waals surface area contributed by atoms with Gasteiger partial charge in [0.1, 0.15) is 12.2 Å². The number of esters is 2. The molecule has 0 unspecified atom stereocenters. The first-order valence-electron chi connectivity index (χ1n) is 14.4. The number of nitrogens with one attached hydrogen (secondary N) is 1. The van der Waals surface area contributed by atoms with Crippen LogP contribution in [0.5, 0.6) is 17.2 Å². The third-order valence-electron chi connectivity index (χ3n) is 9.46. The fourth-order valence-corrected chi connectivity index (χ4v) is 7.60. The van der Waals surface area contributed by atoms with Crippen LogP contribution in [0.15, 0.2) is 36.4 Å². The lowest BCUT2D eigenvalue weighted by Crippen LogP contribution is -2.58. The molecule has 1 aromatic heterocycles. The molecule has 0 amide bonds. The second-order valence-electron chi connectivity index (χ2n) is 11.3. The largest absolute Gasteiger partial charge is 0.493 e. The van der Waals surface area contributed by atoms with Crippen LogP contribution in [0.2, 0.25) is 0 Å². The first kappa shape index (κ1) is 28.4. The fourth-order valence-electron chi connectivity index (χ4n) is 7.60. The minimum atomic E-state index is -0.651. The topological polar surface area (TPSA) is 109 Å². The van der Waals surface area contributed by atoms with E-state index in [0.29, 0.717) is 23.7 Å². The summed E-state index contributed by atoms with van der Waals surface area (Å²) in [5, 5.41) is 1.27. The predicted molar refractivity (Wildman–Crippen MR) is 154 cm³/mol. The van der Waals surface area contributed by atoms with E-state index in [2.05, 4.69) is 34.1 Å². The number of para-hydroxylation sites is 1. The van der Waals surface area contributed by atoms with E-state index in [1.807, 2.05) is 0 Å². The van der Waals surface area contributed by atoms with Crippen molar-refractivity contribution in [1.29, 1.82) is 0 Å². The number of methoxy groups -OCH3 is 5. The number of fused-ring (bicyclic) bond motifs is 6. The summed E-state index contributed by atoms with van der Waals surface area (Å²) in [6, 6.07) is 11.7. The molecule has 6 atom stereocenters. The minimum Gasteiger partial charge on any atom is -0.493 e. The summed E-state index contributed by atoms with van der Waals surface area (Å²) in [6.07, 6.45) is 1.04. The van der Waals surface area contributed by atoms with Crippen LogP contribution in [-0.2, 0) is 25.4 Å². The number of ether oxygens (including phenoxy) is 6. The van der Waals surface area contributed by atoms with Crippen LogP contribution in [0.3, 0.4) is 0 Å². The maximum atomic E-state index is 13.5. The normalized spacial score (nSPS) is 26.9. The Kier molecular flexibility index (Phi) is 7.76. The summed E-state index contributed by atoms with van der Waals surface area (Å²) in [5.74, 6) is -0.254. The second-order valence-corrected chi connectivity index (χ2v) is 11.3. The zero-order valence-corrected chi connectivity index (χ0v) is 24.7. The maximum Gasteiger partial charge on any atom is 0.338 e. The number of carbonyl (C=O) groups excluding carboxylic acids is 2. The molecule has 3 heterocycles. The number of aromatic amines is 1. The second kappa shape index (κ2) is 11.5. The van der Waals surface area contributed by atoms with Crippen LogP contribution < -0.4 is 14.2 Å². The van der Waals surface area contributed by atoms with Gasteiger partial charge in [-0.05, 0) is 54.9 Å². The molecule has 42 heavy (non-hydrogen) atoms. The first-order valence-corrected chi connectivity index (χ1v) is 14.4.